The van der Waals surface area contributed by atoms with Gasteiger partial charge in [0.15, 0.2) is 4.87 Å². The van der Waals surface area contributed by atoms with Gasteiger partial charge in [0.25, 0.3) is 6.04 Å². The van der Waals surface area contributed by atoms with Crippen LogP contribution in [-0.4, -0.2) is 17.1 Å². The molecule has 0 aromatic rings. The van der Waals surface area contributed by atoms with Crippen molar-refractivity contribution in [3.8, 4) is 0 Å². The molecule has 3 nitrogen and oxygen atoms in total. The van der Waals surface area contributed by atoms with Crippen molar-refractivity contribution < 1.29 is 4.87 Å². The van der Waals surface area contributed by atoms with Gasteiger partial charge in [-0.15, -0.1) is 0 Å². The van der Waals surface area contributed by atoms with Gasteiger partial charge >= 0.3 is 0 Å². The highest BCUT2D eigenvalue weighted by atomic mass is 16.3. The average molecular weight is 161 g/mol. The van der Waals surface area contributed by atoms with Crippen molar-refractivity contribution in [1.29, 1.82) is 0 Å². The van der Waals surface area contributed by atoms with Crippen molar-refractivity contribution in [2.75, 3.05) is 0 Å². The van der Waals surface area contributed by atoms with Crippen molar-refractivity contribution in [1.82, 2.24) is 0 Å². The van der Waals surface area contributed by atoms with Crippen LogP contribution in [0.4, 0.5) is 0 Å². The van der Waals surface area contributed by atoms with Gasteiger partial charge in [0.05, 0.1) is 4.91 Å². The Balaban J connectivity index is 2.51. The monoisotopic (exact) mass is 161 g/mol. The van der Waals surface area contributed by atoms with Crippen LogP contribution in [0.3, 0.4) is 0 Å². The summed E-state index contributed by atoms with van der Waals surface area (Å²) in [5.74, 6) is 0. The largest absolute Gasteiger partial charge is 0.281 e. The molecule has 0 bridgehead atoms. The van der Waals surface area contributed by atoms with E-state index in [0.717, 1.165) is 16.0 Å². The molecule has 1 aliphatic carbocycles. The van der Waals surface area contributed by atoms with E-state index in [2.05, 4.69) is 5.10 Å². The van der Waals surface area contributed by atoms with Crippen molar-refractivity contribution in [3.05, 3.63) is 40.4 Å². The first kappa shape index (κ1) is 7.16. The number of nitroso groups, excluding NO2 is 1. The van der Waals surface area contributed by atoms with E-state index >= 15 is 0 Å². The lowest BCUT2D eigenvalue weighted by Gasteiger charge is -2.10. The molecule has 1 unspecified atom stereocenters. The van der Waals surface area contributed by atoms with Gasteiger partial charge in [-0.2, -0.15) is 0 Å². The summed E-state index contributed by atoms with van der Waals surface area (Å²) in [5, 5.41) is 3.70. The Kier molecular flexibility index (Phi) is 1.50. The summed E-state index contributed by atoms with van der Waals surface area (Å²) in [5.41, 5.74) is 2.11. The molecule has 0 saturated heterocycles. The highest BCUT2D eigenvalue weighted by Crippen LogP contribution is 2.20. The topological polar surface area (TPSA) is 32.4 Å². The van der Waals surface area contributed by atoms with Crippen LogP contribution in [0.2, 0.25) is 0 Å². The molecule has 0 amide bonds. The molecule has 1 heterocycles. The third kappa shape index (κ3) is 0.942. The maximum Gasteiger partial charge on any atom is 0.281 e. The molecular weight excluding hydrogens is 152 g/mol. The van der Waals surface area contributed by atoms with E-state index < -0.39 is 0 Å². The minimum atomic E-state index is -0.208. The molecule has 0 radical (unpaired) electrons. The van der Waals surface area contributed by atoms with Crippen LogP contribution in [0, 0.1) is 4.91 Å². The summed E-state index contributed by atoms with van der Waals surface area (Å²) >= 11 is 0. The van der Waals surface area contributed by atoms with Crippen LogP contribution in [0.15, 0.2) is 40.6 Å². The van der Waals surface area contributed by atoms with Crippen LogP contribution < -0.4 is 0 Å². The highest BCUT2D eigenvalue weighted by Gasteiger charge is 2.31. The molecule has 0 aromatic carbocycles. The van der Waals surface area contributed by atoms with Crippen molar-refractivity contribution in [2.45, 2.75) is 13.0 Å². The van der Waals surface area contributed by atoms with Gasteiger partial charge in [-0.05, 0) is 18.6 Å². The van der Waals surface area contributed by atoms with Gasteiger partial charge < -0.3 is 0 Å². The summed E-state index contributed by atoms with van der Waals surface area (Å²) in [7, 11) is 0. The fourth-order valence-electron chi connectivity index (χ4n) is 1.38. The summed E-state index contributed by atoms with van der Waals surface area (Å²) < 4.78 is 0. The number of nitrogens with zero attached hydrogens (tertiary/aromatic N) is 2. The molecule has 2 aliphatic rings. The van der Waals surface area contributed by atoms with Gasteiger partial charge in [-0.3, -0.25) is 0 Å². The molecule has 3 heteroatoms. The minimum Gasteiger partial charge on any atom is -0.0618 e. The van der Waals surface area contributed by atoms with Crippen LogP contribution in [0.25, 0.3) is 0 Å². The number of rotatable bonds is 0. The second-order valence-corrected chi connectivity index (χ2v) is 2.87. The fourth-order valence-corrected chi connectivity index (χ4v) is 1.38. The van der Waals surface area contributed by atoms with E-state index in [1.54, 1.807) is 6.21 Å². The third-order valence-corrected chi connectivity index (χ3v) is 2.06. The van der Waals surface area contributed by atoms with Gasteiger partial charge in [-0.25, -0.2) is 0 Å². The Morgan fingerprint density at radius 2 is 2.33 bits per heavy atom. The zero-order valence-corrected chi connectivity index (χ0v) is 6.77. The predicted molar refractivity (Wildman–Crippen MR) is 46.9 cm³/mol. The fraction of sp³-hybridized carbons (Fsp3) is 0.222. The molecule has 1 atom stereocenters. The molecule has 0 saturated carbocycles. The number of hydrogen-bond donors (Lipinski definition) is 0. The van der Waals surface area contributed by atoms with Crippen LogP contribution in [0.1, 0.15) is 6.92 Å². The van der Waals surface area contributed by atoms with Gasteiger partial charge in [0, 0.05) is 10.7 Å². The third-order valence-electron chi connectivity index (χ3n) is 2.06. The maximum atomic E-state index is 11.2. The van der Waals surface area contributed by atoms with Gasteiger partial charge in [0.1, 0.15) is 6.21 Å². The Hall–Kier alpha value is -1.51. The lowest BCUT2D eigenvalue weighted by Crippen LogP contribution is -2.25. The standard InChI is InChI=1S/C9H9N2O/c1-7-6-10-11(12)9-5-3-2-4-8(7)9/h2-6,9H,1H3/q+1. The summed E-state index contributed by atoms with van der Waals surface area (Å²) in [6.07, 6.45) is 9.20. The normalized spacial score (nSPS) is 26.4. The van der Waals surface area contributed by atoms with Crippen molar-refractivity contribution >= 4 is 6.21 Å². The molecule has 0 N–H and O–H groups in total. The highest BCUT2D eigenvalue weighted by molar-refractivity contribution is 5.80. The molecule has 2 rings (SSSR count). The molecular formula is C9H9N2O+. The van der Waals surface area contributed by atoms with Crippen LogP contribution >= 0.6 is 0 Å². The molecule has 1 aliphatic heterocycles. The Morgan fingerprint density at radius 1 is 1.50 bits per heavy atom. The molecule has 0 aromatic heterocycles. The number of hydrazone groups is 1. The maximum absolute atomic E-state index is 11.2. The summed E-state index contributed by atoms with van der Waals surface area (Å²) in [4.78, 5) is 11.9. The SMILES string of the molecule is CC1=C2C=CC=CC2[N+](=O)N=C1. The Labute approximate surface area is 70.3 Å². The average Bonchev–Trinajstić information content (AvgIpc) is 2.12. The lowest BCUT2D eigenvalue weighted by atomic mass is 9.97. The first-order valence-corrected chi connectivity index (χ1v) is 3.85. The van der Waals surface area contributed by atoms with E-state index in [0.29, 0.717) is 0 Å². The zero-order valence-electron chi connectivity index (χ0n) is 6.77. The number of hydrogen-bond acceptors (Lipinski definition) is 1. The van der Waals surface area contributed by atoms with Crippen molar-refractivity contribution in [2.24, 2.45) is 5.10 Å². The number of allylic oxidation sites excluding steroid dienone is 3. The first-order valence-electron chi connectivity index (χ1n) is 3.85. The van der Waals surface area contributed by atoms with E-state index in [1.165, 1.54) is 0 Å². The van der Waals surface area contributed by atoms with E-state index in [-0.39, 0.29) is 6.04 Å². The second kappa shape index (κ2) is 2.52. The molecule has 12 heavy (non-hydrogen) atoms. The van der Waals surface area contributed by atoms with E-state index in [4.69, 9.17) is 0 Å². The van der Waals surface area contributed by atoms with E-state index in [9.17, 15) is 4.91 Å². The first-order chi connectivity index (χ1) is 5.79. The van der Waals surface area contributed by atoms with Crippen molar-refractivity contribution in [3.63, 3.8) is 0 Å². The number of fused-ring (bicyclic) bond motifs is 1. The molecule has 0 fully saturated rings. The zero-order chi connectivity index (χ0) is 8.55. The van der Waals surface area contributed by atoms with E-state index in [1.807, 2.05) is 31.2 Å². The van der Waals surface area contributed by atoms with Gasteiger partial charge in [0.2, 0.25) is 0 Å². The quantitative estimate of drug-likeness (QED) is 0.496. The summed E-state index contributed by atoms with van der Waals surface area (Å²) in [6, 6.07) is -0.208. The Morgan fingerprint density at radius 3 is 3.08 bits per heavy atom. The lowest BCUT2D eigenvalue weighted by molar-refractivity contribution is -0.572. The minimum absolute atomic E-state index is 0.208. The van der Waals surface area contributed by atoms with Gasteiger partial charge in [-0.1, -0.05) is 18.2 Å². The Bertz CT molecular complexity index is 348. The second-order valence-electron chi connectivity index (χ2n) is 2.87. The van der Waals surface area contributed by atoms with Crippen LogP contribution in [0.5, 0.6) is 0 Å². The smallest absolute Gasteiger partial charge is 0.0618 e. The summed E-state index contributed by atoms with van der Waals surface area (Å²) in [6.45, 7) is 1.96. The molecule has 0 spiro atoms. The predicted octanol–water partition coefficient (Wildman–Crippen LogP) is 1.58. The molecule has 60 valence electrons. The van der Waals surface area contributed by atoms with Crippen LogP contribution in [-0.2, 0) is 0 Å².